The summed E-state index contributed by atoms with van der Waals surface area (Å²) in [6, 6.07) is 3.58. The van der Waals surface area contributed by atoms with Crippen LogP contribution in [0.2, 0.25) is 0 Å². The number of nitrogens with zero attached hydrogens (tertiary/aromatic N) is 1. The van der Waals surface area contributed by atoms with Crippen molar-refractivity contribution >= 4 is 23.5 Å². The Kier molecular flexibility index (Phi) is 4.69. The number of nitrogens with one attached hydrogen (secondary N) is 1. The van der Waals surface area contributed by atoms with E-state index in [1.807, 2.05) is 17.8 Å². The first-order valence-corrected chi connectivity index (χ1v) is 7.62. The zero-order valence-electron chi connectivity index (χ0n) is 11.4. The van der Waals surface area contributed by atoms with E-state index in [-0.39, 0.29) is 5.97 Å². The van der Waals surface area contributed by atoms with Crippen LogP contribution in [0.4, 0.5) is 5.82 Å². The highest BCUT2D eigenvalue weighted by atomic mass is 32.2. The predicted octanol–water partition coefficient (Wildman–Crippen LogP) is 2.96. The lowest BCUT2D eigenvalue weighted by molar-refractivity contribution is 0.0526. The summed E-state index contributed by atoms with van der Waals surface area (Å²) >= 11 is 2.01. The van der Waals surface area contributed by atoms with E-state index in [2.05, 4.69) is 17.2 Å². The number of carbonyl (C=O) groups is 1. The van der Waals surface area contributed by atoms with Crippen molar-refractivity contribution < 1.29 is 9.53 Å². The zero-order valence-corrected chi connectivity index (χ0v) is 12.3. The maximum absolute atomic E-state index is 11.5. The van der Waals surface area contributed by atoms with Crippen LogP contribution in [0.1, 0.15) is 37.0 Å². The number of thioether (sulfide) groups is 1. The molecule has 2 rings (SSSR count). The number of rotatable bonds is 5. The number of anilines is 1. The Bertz CT molecular complexity index is 428. The van der Waals surface area contributed by atoms with Gasteiger partial charge in [-0.3, -0.25) is 0 Å². The van der Waals surface area contributed by atoms with Crippen LogP contribution >= 0.6 is 11.8 Å². The fourth-order valence-electron chi connectivity index (χ4n) is 2.09. The Morgan fingerprint density at radius 1 is 1.58 bits per heavy atom. The second-order valence-electron chi connectivity index (χ2n) is 4.91. The summed E-state index contributed by atoms with van der Waals surface area (Å²) in [7, 11) is 0. The van der Waals surface area contributed by atoms with Gasteiger partial charge in [-0.25, -0.2) is 9.78 Å². The Hall–Kier alpha value is -1.23. The van der Waals surface area contributed by atoms with Crippen molar-refractivity contribution in [2.24, 2.45) is 0 Å². The fraction of sp³-hybridized carbons (Fsp3) is 0.571. The van der Waals surface area contributed by atoms with E-state index >= 15 is 0 Å². The molecule has 1 aliphatic heterocycles. The zero-order chi connectivity index (χ0) is 13.7. The minimum atomic E-state index is -0.320. The monoisotopic (exact) mass is 280 g/mol. The number of pyridine rings is 1. The summed E-state index contributed by atoms with van der Waals surface area (Å²) in [6.07, 6.45) is 4.09. The summed E-state index contributed by atoms with van der Waals surface area (Å²) in [5.74, 6) is 1.73. The molecule has 1 aromatic heterocycles. The molecule has 1 fully saturated rings. The highest BCUT2D eigenvalue weighted by molar-refractivity contribution is 8.00. The van der Waals surface area contributed by atoms with Gasteiger partial charge in [0, 0.05) is 17.5 Å². The van der Waals surface area contributed by atoms with Gasteiger partial charge in [-0.2, -0.15) is 11.8 Å². The minimum Gasteiger partial charge on any atom is -0.462 e. The maximum Gasteiger partial charge on any atom is 0.339 e. The lowest BCUT2D eigenvalue weighted by atomic mass is 10.1. The maximum atomic E-state index is 11.5. The lowest BCUT2D eigenvalue weighted by Gasteiger charge is -2.23. The van der Waals surface area contributed by atoms with Crippen molar-refractivity contribution in [3.8, 4) is 0 Å². The van der Waals surface area contributed by atoms with Crippen molar-refractivity contribution in [3.63, 3.8) is 0 Å². The minimum absolute atomic E-state index is 0.307. The van der Waals surface area contributed by atoms with Crippen LogP contribution in [0.3, 0.4) is 0 Å². The van der Waals surface area contributed by atoms with Crippen LogP contribution in [0.5, 0.6) is 0 Å². The van der Waals surface area contributed by atoms with E-state index in [0.717, 1.165) is 12.4 Å². The molecular weight excluding hydrogens is 260 g/mol. The fourth-order valence-corrected chi connectivity index (χ4v) is 3.33. The van der Waals surface area contributed by atoms with Crippen LogP contribution in [0.25, 0.3) is 0 Å². The Morgan fingerprint density at radius 2 is 2.42 bits per heavy atom. The molecule has 2 heterocycles. The van der Waals surface area contributed by atoms with Gasteiger partial charge in [-0.15, -0.1) is 0 Å². The first kappa shape index (κ1) is 14.2. The molecule has 0 bridgehead atoms. The topological polar surface area (TPSA) is 51.2 Å². The largest absolute Gasteiger partial charge is 0.462 e. The van der Waals surface area contributed by atoms with Crippen LogP contribution in [-0.4, -0.2) is 34.6 Å². The highest BCUT2D eigenvalue weighted by Crippen LogP contribution is 2.37. The van der Waals surface area contributed by atoms with E-state index < -0.39 is 0 Å². The molecule has 4 nitrogen and oxygen atoms in total. The van der Waals surface area contributed by atoms with E-state index in [9.17, 15) is 4.79 Å². The molecule has 1 aliphatic rings. The van der Waals surface area contributed by atoms with Crippen LogP contribution < -0.4 is 5.32 Å². The number of hydrogen-bond acceptors (Lipinski definition) is 5. The summed E-state index contributed by atoms with van der Waals surface area (Å²) in [5, 5.41) is 3.34. The van der Waals surface area contributed by atoms with Gasteiger partial charge >= 0.3 is 5.97 Å². The third-order valence-electron chi connectivity index (χ3n) is 3.22. The average Bonchev–Trinajstić information content (AvgIpc) is 2.85. The van der Waals surface area contributed by atoms with Crippen LogP contribution in [0, 0.1) is 0 Å². The third kappa shape index (κ3) is 3.86. The smallest absolute Gasteiger partial charge is 0.339 e. The van der Waals surface area contributed by atoms with E-state index in [1.165, 1.54) is 18.6 Å². The SMILES string of the molecule is CCOC(=O)c1ccc(NCC2(C)CCCS2)nc1. The van der Waals surface area contributed by atoms with E-state index in [1.54, 1.807) is 19.2 Å². The van der Waals surface area contributed by atoms with Gasteiger partial charge < -0.3 is 10.1 Å². The number of carbonyl (C=O) groups excluding carboxylic acids is 1. The number of hydrogen-bond donors (Lipinski definition) is 1. The Balaban J connectivity index is 1.90. The van der Waals surface area contributed by atoms with Crippen LogP contribution in [-0.2, 0) is 4.74 Å². The van der Waals surface area contributed by atoms with Gasteiger partial charge in [0.05, 0.1) is 12.2 Å². The number of esters is 1. The second kappa shape index (κ2) is 6.28. The van der Waals surface area contributed by atoms with E-state index in [0.29, 0.717) is 16.9 Å². The molecule has 1 unspecified atom stereocenters. The molecule has 1 aromatic rings. The Labute approximate surface area is 118 Å². The molecule has 1 saturated heterocycles. The molecule has 1 N–H and O–H groups in total. The molecule has 0 radical (unpaired) electrons. The molecule has 0 spiro atoms. The third-order valence-corrected chi connectivity index (χ3v) is 4.76. The van der Waals surface area contributed by atoms with Gasteiger partial charge in [0.1, 0.15) is 5.82 Å². The van der Waals surface area contributed by atoms with Crippen molar-refractivity contribution in [2.75, 3.05) is 24.2 Å². The molecule has 104 valence electrons. The normalized spacial score (nSPS) is 22.2. The standard InChI is InChI=1S/C14H20N2O2S/c1-3-18-13(17)11-5-6-12(15-9-11)16-10-14(2)7-4-8-19-14/h5-6,9H,3-4,7-8,10H2,1-2H3,(H,15,16). The summed E-state index contributed by atoms with van der Waals surface area (Å²) in [5.41, 5.74) is 0.494. The van der Waals surface area contributed by atoms with Gasteiger partial charge in [-0.1, -0.05) is 0 Å². The van der Waals surface area contributed by atoms with Gasteiger partial charge in [0.15, 0.2) is 0 Å². The summed E-state index contributed by atoms with van der Waals surface area (Å²) in [6.45, 7) is 5.36. The first-order chi connectivity index (χ1) is 9.13. The van der Waals surface area contributed by atoms with Crippen molar-refractivity contribution in [1.82, 2.24) is 4.98 Å². The number of ether oxygens (including phenoxy) is 1. The second-order valence-corrected chi connectivity index (χ2v) is 6.59. The molecule has 0 amide bonds. The van der Waals surface area contributed by atoms with Crippen LogP contribution in [0.15, 0.2) is 18.3 Å². The first-order valence-electron chi connectivity index (χ1n) is 6.64. The van der Waals surface area contributed by atoms with Crippen molar-refractivity contribution in [2.45, 2.75) is 31.4 Å². The molecule has 0 aromatic carbocycles. The van der Waals surface area contributed by atoms with Crippen molar-refractivity contribution in [1.29, 1.82) is 0 Å². The Morgan fingerprint density at radius 3 is 3.00 bits per heavy atom. The van der Waals surface area contributed by atoms with Gasteiger partial charge in [0.25, 0.3) is 0 Å². The molecule has 1 atom stereocenters. The average molecular weight is 280 g/mol. The van der Waals surface area contributed by atoms with Gasteiger partial charge in [0.2, 0.25) is 0 Å². The summed E-state index contributed by atoms with van der Waals surface area (Å²) in [4.78, 5) is 15.7. The quantitative estimate of drug-likeness (QED) is 0.840. The van der Waals surface area contributed by atoms with E-state index in [4.69, 9.17) is 4.74 Å². The highest BCUT2D eigenvalue weighted by Gasteiger charge is 2.29. The molecular formula is C14H20N2O2S. The summed E-state index contributed by atoms with van der Waals surface area (Å²) < 4.78 is 5.23. The molecule has 19 heavy (non-hydrogen) atoms. The molecule has 5 heteroatoms. The van der Waals surface area contributed by atoms with Gasteiger partial charge in [-0.05, 0) is 44.6 Å². The number of aromatic nitrogens is 1. The lowest BCUT2D eigenvalue weighted by Crippen LogP contribution is -2.27. The predicted molar refractivity (Wildman–Crippen MR) is 78.8 cm³/mol. The molecule has 0 saturated carbocycles. The van der Waals surface area contributed by atoms with Crippen molar-refractivity contribution in [3.05, 3.63) is 23.9 Å². The molecule has 0 aliphatic carbocycles.